The summed E-state index contributed by atoms with van der Waals surface area (Å²) in [6.07, 6.45) is 8.56. The Morgan fingerprint density at radius 3 is 2.66 bits per heavy atom. The van der Waals surface area contributed by atoms with Crippen LogP contribution in [0.3, 0.4) is 0 Å². The van der Waals surface area contributed by atoms with Gasteiger partial charge in [-0.2, -0.15) is 0 Å². The quantitative estimate of drug-likeness (QED) is 0.325. The molecule has 5 aromatic rings. The third-order valence-corrected chi connectivity index (χ3v) is 6.33. The molecule has 29 heavy (non-hydrogen) atoms. The number of nitrogens with zero attached hydrogens (tertiary/aromatic N) is 2. The molecule has 0 N–H and O–H groups in total. The number of rotatable bonds is 2. The molecule has 3 heteroatoms. The van der Waals surface area contributed by atoms with Gasteiger partial charge in [-0.15, -0.1) is 0 Å². The zero-order valence-corrected chi connectivity index (χ0v) is 16.3. The van der Waals surface area contributed by atoms with E-state index in [2.05, 4.69) is 42.5 Å². The van der Waals surface area contributed by atoms with Gasteiger partial charge in [0.2, 0.25) is 5.71 Å². The van der Waals surface area contributed by atoms with Crippen LogP contribution in [-0.2, 0) is 0 Å². The molecule has 1 fully saturated rings. The topological polar surface area (TPSA) is 38.9 Å². The lowest BCUT2D eigenvalue weighted by Crippen LogP contribution is -2.04. The molecule has 1 aliphatic carbocycles. The Kier molecular flexibility index (Phi) is 3.86. The summed E-state index contributed by atoms with van der Waals surface area (Å²) in [6.45, 7) is 0. The Labute approximate surface area is 169 Å². The highest BCUT2D eigenvalue weighted by molar-refractivity contribution is 6.10. The maximum absolute atomic E-state index is 6.28. The van der Waals surface area contributed by atoms with Crippen molar-refractivity contribution in [1.82, 2.24) is 9.97 Å². The van der Waals surface area contributed by atoms with Crippen LogP contribution in [0, 0.1) is 0 Å². The highest BCUT2D eigenvalue weighted by Crippen LogP contribution is 2.38. The number of fused-ring (bicyclic) bond motifs is 4. The SMILES string of the molecule is c1ccc2nc3oc4c(-c5cc(C6CCCCC6)ccn5)cccc4c3cc2c1. The van der Waals surface area contributed by atoms with E-state index in [9.17, 15) is 0 Å². The summed E-state index contributed by atoms with van der Waals surface area (Å²) in [4.78, 5) is 9.45. The van der Waals surface area contributed by atoms with Crippen molar-refractivity contribution < 1.29 is 4.42 Å². The highest BCUT2D eigenvalue weighted by atomic mass is 16.3. The Morgan fingerprint density at radius 1 is 0.828 bits per heavy atom. The molecule has 3 nitrogen and oxygen atoms in total. The lowest BCUT2D eigenvalue weighted by atomic mass is 9.84. The van der Waals surface area contributed by atoms with E-state index in [1.807, 2.05) is 24.4 Å². The first-order valence-corrected chi connectivity index (χ1v) is 10.5. The van der Waals surface area contributed by atoms with Gasteiger partial charge in [-0.3, -0.25) is 4.98 Å². The van der Waals surface area contributed by atoms with Gasteiger partial charge in [-0.05, 0) is 54.7 Å². The molecule has 0 bridgehead atoms. The maximum atomic E-state index is 6.28. The van der Waals surface area contributed by atoms with Gasteiger partial charge in [0, 0.05) is 27.9 Å². The minimum atomic E-state index is 0.660. The molecular weight excluding hydrogens is 356 g/mol. The van der Waals surface area contributed by atoms with E-state index in [-0.39, 0.29) is 0 Å². The van der Waals surface area contributed by atoms with E-state index in [1.54, 1.807) is 0 Å². The van der Waals surface area contributed by atoms with E-state index < -0.39 is 0 Å². The van der Waals surface area contributed by atoms with Crippen molar-refractivity contribution >= 4 is 33.0 Å². The molecular formula is C26H22N2O. The summed E-state index contributed by atoms with van der Waals surface area (Å²) in [5.41, 5.74) is 5.96. The summed E-state index contributed by atoms with van der Waals surface area (Å²) in [6, 6.07) is 21.1. The van der Waals surface area contributed by atoms with E-state index >= 15 is 0 Å². The lowest BCUT2D eigenvalue weighted by Gasteiger charge is -2.22. The van der Waals surface area contributed by atoms with Crippen LogP contribution < -0.4 is 0 Å². The number of benzene rings is 2. The van der Waals surface area contributed by atoms with E-state index in [4.69, 9.17) is 14.4 Å². The third kappa shape index (κ3) is 2.80. The van der Waals surface area contributed by atoms with Crippen molar-refractivity contribution in [2.75, 3.05) is 0 Å². The smallest absolute Gasteiger partial charge is 0.227 e. The van der Waals surface area contributed by atoms with Crippen molar-refractivity contribution in [1.29, 1.82) is 0 Å². The Balaban J connectivity index is 1.53. The minimum Gasteiger partial charge on any atom is -0.437 e. The third-order valence-electron chi connectivity index (χ3n) is 6.33. The number of hydrogen-bond acceptors (Lipinski definition) is 3. The summed E-state index contributed by atoms with van der Waals surface area (Å²) in [5.74, 6) is 0.660. The predicted octanol–water partition coefficient (Wildman–Crippen LogP) is 7.24. The summed E-state index contributed by atoms with van der Waals surface area (Å²) in [5, 5.41) is 3.29. The molecule has 1 saturated carbocycles. The highest BCUT2D eigenvalue weighted by Gasteiger charge is 2.18. The molecule has 2 aromatic carbocycles. The normalized spacial score (nSPS) is 15.4. The Hall–Kier alpha value is -3.20. The Bertz CT molecular complexity index is 1350. The van der Waals surface area contributed by atoms with Crippen LogP contribution >= 0.6 is 0 Å². The van der Waals surface area contributed by atoms with Crippen LogP contribution in [0.25, 0.3) is 44.2 Å². The molecule has 0 amide bonds. The fraction of sp³-hybridized carbons (Fsp3) is 0.231. The second kappa shape index (κ2) is 6.70. The fourth-order valence-electron chi connectivity index (χ4n) is 4.81. The van der Waals surface area contributed by atoms with Crippen LogP contribution in [0.2, 0.25) is 0 Å². The lowest BCUT2D eigenvalue weighted by molar-refractivity contribution is 0.443. The number of hydrogen-bond donors (Lipinski definition) is 0. The van der Waals surface area contributed by atoms with E-state index in [0.29, 0.717) is 11.6 Å². The second-order valence-electron chi connectivity index (χ2n) is 8.13. The molecule has 0 spiro atoms. The molecule has 0 aliphatic heterocycles. The Morgan fingerprint density at radius 2 is 1.72 bits per heavy atom. The van der Waals surface area contributed by atoms with Crippen LogP contribution in [0.4, 0.5) is 0 Å². The molecule has 0 unspecified atom stereocenters. The van der Waals surface area contributed by atoms with Gasteiger partial charge in [0.15, 0.2) is 0 Å². The molecule has 1 aliphatic rings. The standard InChI is InChI=1S/C26H22N2O/c1-2-7-17(8-3-1)18-13-14-27-24(16-18)21-11-6-10-20-22-15-19-9-4-5-12-23(19)28-26(22)29-25(20)21/h4-6,9-17H,1-3,7-8H2. The molecule has 0 saturated heterocycles. The molecule has 3 aromatic heterocycles. The minimum absolute atomic E-state index is 0.660. The average Bonchev–Trinajstić information content (AvgIpc) is 3.16. The van der Waals surface area contributed by atoms with Crippen molar-refractivity contribution in [2.24, 2.45) is 0 Å². The van der Waals surface area contributed by atoms with Gasteiger partial charge < -0.3 is 4.42 Å². The van der Waals surface area contributed by atoms with Gasteiger partial charge in [0.1, 0.15) is 5.58 Å². The molecule has 0 radical (unpaired) electrons. The van der Waals surface area contributed by atoms with Crippen molar-refractivity contribution in [2.45, 2.75) is 38.0 Å². The van der Waals surface area contributed by atoms with Crippen LogP contribution in [0.15, 0.2) is 71.3 Å². The van der Waals surface area contributed by atoms with Crippen LogP contribution in [-0.4, -0.2) is 9.97 Å². The molecule has 6 rings (SSSR count). The van der Waals surface area contributed by atoms with Gasteiger partial charge in [-0.1, -0.05) is 49.6 Å². The maximum Gasteiger partial charge on any atom is 0.227 e. The predicted molar refractivity (Wildman–Crippen MR) is 118 cm³/mol. The first-order chi connectivity index (χ1) is 14.4. The second-order valence-corrected chi connectivity index (χ2v) is 8.13. The fourth-order valence-corrected chi connectivity index (χ4v) is 4.81. The van der Waals surface area contributed by atoms with Gasteiger partial charge in [0.25, 0.3) is 0 Å². The number of aromatic nitrogens is 2. The average molecular weight is 378 g/mol. The monoisotopic (exact) mass is 378 g/mol. The summed E-state index contributed by atoms with van der Waals surface area (Å²) < 4.78 is 6.28. The zero-order chi connectivity index (χ0) is 19.2. The summed E-state index contributed by atoms with van der Waals surface area (Å²) >= 11 is 0. The van der Waals surface area contributed by atoms with Crippen molar-refractivity contribution in [3.63, 3.8) is 0 Å². The first-order valence-electron chi connectivity index (χ1n) is 10.5. The van der Waals surface area contributed by atoms with E-state index in [0.717, 1.165) is 38.5 Å². The van der Waals surface area contributed by atoms with Crippen LogP contribution in [0.5, 0.6) is 0 Å². The van der Waals surface area contributed by atoms with Crippen molar-refractivity contribution in [3.8, 4) is 11.3 Å². The first kappa shape index (κ1) is 16.7. The number of pyridine rings is 2. The van der Waals surface area contributed by atoms with E-state index in [1.165, 1.54) is 37.7 Å². The summed E-state index contributed by atoms with van der Waals surface area (Å²) in [7, 11) is 0. The molecule has 0 atom stereocenters. The molecule has 3 heterocycles. The van der Waals surface area contributed by atoms with Crippen molar-refractivity contribution in [3.05, 3.63) is 72.4 Å². The largest absolute Gasteiger partial charge is 0.437 e. The zero-order valence-electron chi connectivity index (χ0n) is 16.3. The van der Waals surface area contributed by atoms with Crippen LogP contribution in [0.1, 0.15) is 43.6 Å². The molecule has 142 valence electrons. The number of furan rings is 1. The number of para-hydroxylation sites is 2. The van der Waals surface area contributed by atoms with Gasteiger partial charge in [0.05, 0.1) is 11.2 Å². The van der Waals surface area contributed by atoms with Gasteiger partial charge >= 0.3 is 0 Å². The van der Waals surface area contributed by atoms with Gasteiger partial charge in [-0.25, -0.2) is 4.98 Å².